The fraction of sp³-hybridized carbons (Fsp3) is 0.552. The molecule has 0 saturated heterocycles. The lowest BCUT2D eigenvalue weighted by Gasteiger charge is -2.57. The van der Waals surface area contributed by atoms with Crippen LogP contribution in [0.5, 0.6) is 0 Å². The van der Waals surface area contributed by atoms with Crippen LogP contribution in [-0.2, 0) is 6.42 Å². The SMILES string of the molecule is C#C[C@]1(O)CC[C@H]2[C@@H]3CC=C4c5sc(N(C)c6ccccc6)nc5CC[C@]4(C)[C@H]3CC[C@@]21C. The molecular formula is C29H34N2OS. The lowest BCUT2D eigenvalue weighted by atomic mass is 9.47. The number of anilines is 2. The van der Waals surface area contributed by atoms with E-state index in [0.29, 0.717) is 17.8 Å². The average molecular weight is 459 g/mol. The second-order valence-corrected chi connectivity index (χ2v) is 12.3. The molecule has 2 fully saturated rings. The number of hydrogen-bond donors (Lipinski definition) is 1. The maximum absolute atomic E-state index is 11.3. The highest BCUT2D eigenvalue weighted by Gasteiger charge is 2.63. The Balaban J connectivity index is 1.35. The van der Waals surface area contributed by atoms with Crippen LogP contribution in [0.3, 0.4) is 0 Å². The lowest BCUT2D eigenvalue weighted by molar-refractivity contribution is -0.0886. The minimum Gasteiger partial charge on any atom is -0.377 e. The van der Waals surface area contributed by atoms with Crippen molar-refractivity contribution in [2.75, 3.05) is 11.9 Å². The molecule has 4 heteroatoms. The summed E-state index contributed by atoms with van der Waals surface area (Å²) in [4.78, 5) is 8.73. The Morgan fingerprint density at radius 2 is 1.88 bits per heavy atom. The molecule has 4 aliphatic rings. The number of nitrogens with zero attached hydrogens (tertiary/aromatic N) is 2. The van der Waals surface area contributed by atoms with Gasteiger partial charge in [-0.1, -0.05) is 55.4 Å². The van der Waals surface area contributed by atoms with Crippen LogP contribution in [0, 0.1) is 40.9 Å². The number of fused-ring (bicyclic) bond motifs is 7. The number of thiazole rings is 1. The monoisotopic (exact) mass is 458 g/mol. The second kappa shape index (κ2) is 7.20. The largest absolute Gasteiger partial charge is 0.377 e. The standard InChI is InChI=1S/C29H34N2OS/c1-5-29(32)18-14-22-20-11-12-23-25-24(15-16-27(23,2)21(20)13-17-28(22,29)3)30-26(33-25)31(4)19-9-7-6-8-10-19/h1,6-10,12,20-22,32H,11,13-18H2,2-4H3/t20-,21+,22+,27-,28+,29+/m1/s1. The molecule has 1 aromatic heterocycles. The van der Waals surface area contributed by atoms with Gasteiger partial charge in [0, 0.05) is 18.2 Å². The molecule has 4 aliphatic carbocycles. The zero-order valence-corrected chi connectivity index (χ0v) is 20.8. The molecule has 1 aromatic carbocycles. The van der Waals surface area contributed by atoms with Crippen LogP contribution in [0.25, 0.3) is 5.57 Å². The first-order valence-electron chi connectivity index (χ1n) is 12.5. The topological polar surface area (TPSA) is 36.4 Å². The van der Waals surface area contributed by atoms with Crippen LogP contribution in [-0.4, -0.2) is 22.7 Å². The number of rotatable bonds is 2. The Labute approximate surface area is 201 Å². The van der Waals surface area contributed by atoms with E-state index in [1.807, 2.05) is 11.3 Å². The molecule has 6 atom stereocenters. The molecule has 0 radical (unpaired) electrons. The highest BCUT2D eigenvalue weighted by molar-refractivity contribution is 7.16. The molecule has 0 amide bonds. The van der Waals surface area contributed by atoms with Crippen molar-refractivity contribution in [1.82, 2.24) is 4.98 Å². The number of aryl methyl sites for hydroxylation is 1. The molecule has 1 heterocycles. The van der Waals surface area contributed by atoms with Crippen molar-refractivity contribution in [2.24, 2.45) is 28.6 Å². The van der Waals surface area contributed by atoms with E-state index >= 15 is 0 Å². The number of terminal acetylenes is 1. The summed E-state index contributed by atoms with van der Waals surface area (Å²) in [6, 6.07) is 10.5. The number of para-hydroxylation sites is 1. The van der Waals surface area contributed by atoms with Crippen molar-refractivity contribution in [3.63, 3.8) is 0 Å². The van der Waals surface area contributed by atoms with Gasteiger partial charge >= 0.3 is 0 Å². The van der Waals surface area contributed by atoms with Crippen LogP contribution in [0.1, 0.15) is 62.9 Å². The Hall–Kier alpha value is -2.09. The van der Waals surface area contributed by atoms with Gasteiger partial charge in [-0.25, -0.2) is 4.98 Å². The van der Waals surface area contributed by atoms with Gasteiger partial charge in [0.05, 0.1) is 10.6 Å². The van der Waals surface area contributed by atoms with E-state index in [2.05, 4.69) is 68.1 Å². The van der Waals surface area contributed by atoms with Gasteiger partial charge in [-0.2, -0.15) is 0 Å². The first-order valence-corrected chi connectivity index (χ1v) is 13.3. The van der Waals surface area contributed by atoms with E-state index in [0.717, 1.165) is 37.2 Å². The summed E-state index contributed by atoms with van der Waals surface area (Å²) < 4.78 is 0. The predicted molar refractivity (Wildman–Crippen MR) is 136 cm³/mol. The third-order valence-electron chi connectivity index (χ3n) is 10.1. The normalized spacial score (nSPS) is 38.9. The Bertz CT molecular complexity index is 1160. The molecule has 2 aromatic rings. The third kappa shape index (κ3) is 2.82. The number of aromatic nitrogens is 1. The van der Waals surface area contributed by atoms with Gasteiger partial charge < -0.3 is 10.0 Å². The highest BCUT2D eigenvalue weighted by atomic mass is 32.1. The molecule has 3 nitrogen and oxygen atoms in total. The lowest BCUT2D eigenvalue weighted by Crippen LogP contribution is -2.53. The van der Waals surface area contributed by atoms with E-state index in [1.165, 1.54) is 29.1 Å². The molecule has 6 rings (SSSR count). The minimum atomic E-state index is -0.929. The van der Waals surface area contributed by atoms with Crippen LogP contribution in [0.2, 0.25) is 0 Å². The fourth-order valence-corrected chi connectivity index (χ4v) is 9.29. The zero-order chi connectivity index (χ0) is 23.0. The minimum absolute atomic E-state index is 0.138. The van der Waals surface area contributed by atoms with Gasteiger partial charge in [0.25, 0.3) is 0 Å². The Morgan fingerprint density at radius 3 is 2.64 bits per heavy atom. The van der Waals surface area contributed by atoms with E-state index in [-0.39, 0.29) is 10.8 Å². The Kier molecular flexibility index (Phi) is 4.68. The number of hydrogen-bond acceptors (Lipinski definition) is 4. The van der Waals surface area contributed by atoms with Crippen molar-refractivity contribution in [2.45, 2.75) is 64.4 Å². The average Bonchev–Trinajstić information content (AvgIpc) is 3.38. The molecule has 172 valence electrons. The summed E-state index contributed by atoms with van der Waals surface area (Å²) >= 11 is 1.86. The second-order valence-electron chi connectivity index (χ2n) is 11.3. The van der Waals surface area contributed by atoms with E-state index in [1.54, 1.807) is 5.57 Å². The van der Waals surface area contributed by atoms with Crippen molar-refractivity contribution < 1.29 is 5.11 Å². The highest BCUT2D eigenvalue weighted by Crippen LogP contribution is 2.68. The maximum Gasteiger partial charge on any atom is 0.190 e. The summed E-state index contributed by atoms with van der Waals surface area (Å²) in [5, 5.41) is 12.3. The number of aliphatic hydroxyl groups is 1. The Morgan fingerprint density at radius 1 is 1.12 bits per heavy atom. The van der Waals surface area contributed by atoms with Crippen LogP contribution in [0.4, 0.5) is 10.8 Å². The van der Waals surface area contributed by atoms with Gasteiger partial charge in [0.1, 0.15) is 5.60 Å². The summed E-state index contributed by atoms with van der Waals surface area (Å²) in [7, 11) is 2.12. The molecule has 2 saturated carbocycles. The van der Waals surface area contributed by atoms with Crippen molar-refractivity contribution in [3.05, 3.63) is 47.0 Å². The van der Waals surface area contributed by atoms with Gasteiger partial charge in [-0.05, 0) is 85.8 Å². The van der Waals surface area contributed by atoms with E-state index < -0.39 is 5.60 Å². The van der Waals surface area contributed by atoms with Crippen molar-refractivity contribution in [1.29, 1.82) is 0 Å². The van der Waals surface area contributed by atoms with Crippen LogP contribution in [0.15, 0.2) is 36.4 Å². The number of allylic oxidation sites excluding steroid dienone is 2. The quantitative estimate of drug-likeness (QED) is 0.525. The molecule has 0 spiro atoms. The van der Waals surface area contributed by atoms with Crippen molar-refractivity contribution in [3.8, 4) is 12.3 Å². The molecule has 0 aliphatic heterocycles. The number of benzene rings is 1. The van der Waals surface area contributed by atoms with Crippen LogP contribution >= 0.6 is 11.3 Å². The van der Waals surface area contributed by atoms with Gasteiger partial charge in [0.2, 0.25) is 0 Å². The molecule has 0 bridgehead atoms. The molecular weight excluding hydrogens is 424 g/mol. The van der Waals surface area contributed by atoms with Crippen molar-refractivity contribution >= 4 is 27.7 Å². The fourth-order valence-electron chi connectivity index (χ4n) is 8.02. The molecule has 33 heavy (non-hydrogen) atoms. The van der Waals surface area contributed by atoms with Gasteiger partial charge in [-0.3, -0.25) is 0 Å². The molecule has 1 N–H and O–H groups in total. The van der Waals surface area contributed by atoms with E-state index in [4.69, 9.17) is 11.4 Å². The third-order valence-corrected chi connectivity index (χ3v) is 11.3. The summed E-state index contributed by atoms with van der Waals surface area (Å²) in [5.41, 5.74) is 3.14. The molecule has 0 unspecified atom stereocenters. The van der Waals surface area contributed by atoms with E-state index in [9.17, 15) is 5.11 Å². The first kappa shape index (κ1) is 21.4. The van der Waals surface area contributed by atoms with Crippen LogP contribution < -0.4 is 4.90 Å². The summed E-state index contributed by atoms with van der Waals surface area (Å²) in [5.74, 6) is 4.63. The predicted octanol–water partition coefficient (Wildman–Crippen LogP) is 6.46. The zero-order valence-electron chi connectivity index (χ0n) is 20.0. The summed E-state index contributed by atoms with van der Waals surface area (Å²) in [6.07, 6.45) is 15.8. The van der Waals surface area contributed by atoms with Gasteiger partial charge in [0.15, 0.2) is 5.13 Å². The smallest absolute Gasteiger partial charge is 0.190 e. The maximum atomic E-state index is 11.3. The van der Waals surface area contributed by atoms with Gasteiger partial charge in [-0.15, -0.1) is 6.42 Å². The summed E-state index contributed by atoms with van der Waals surface area (Å²) in [6.45, 7) is 4.79. The first-order chi connectivity index (χ1) is 15.8.